The number of nitro benzene ring substituents is 1. The summed E-state index contributed by atoms with van der Waals surface area (Å²) in [6.45, 7) is 5.94. The molecule has 0 bridgehead atoms. The van der Waals surface area contributed by atoms with E-state index in [1.165, 1.54) is 11.8 Å². The zero-order chi connectivity index (χ0) is 12.5. The van der Waals surface area contributed by atoms with Gasteiger partial charge in [-0.1, -0.05) is 26.8 Å². The average Bonchev–Trinajstić information content (AvgIpc) is 2.14. The van der Waals surface area contributed by atoms with Gasteiger partial charge in [-0.05, 0) is 33.7 Å². The lowest BCUT2D eigenvalue weighted by molar-refractivity contribution is -0.389. The first kappa shape index (κ1) is 13.5. The standard InChI is InChI=1S/C11H14BrNO2S/c1-11(2,3)7-5-6-8(12)10(16-4)9(7)13(14)15/h5-6H,1-4H3. The third-order valence-electron chi connectivity index (χ3n) is 2.28. The first-order chi connectivity index (χ1) is 7.29. The molecule has 0 aliphatic rings. The third-order valence-corrected chi connectivity index (χ3v) is 4.02. The minimum Gasteiger partial charge on any atom is -0.258 e. The lowest BCUT2D eigenvalue weighted by Crippen LogP contribution is -2.14. The highest BCUT2D eigenvalue weighted by molar-refractivity contribution is 9.10. The van der Waals surface area contributed by atoms with Gasteiger partial charge in [0, 0.05) is 10.0 Å². The molecule has 16 heavy (non-hydrogen) atoms. The molecule has 0 fully saturated rings. The van der Waals surface area contributed by atoms with Crippen LogP contribution in [0, 0.1) is 10.1 Å². The maximum Gasteiger partial charge on any atom is 0.287 e. The van der Waals surface area contributed by atoms with Crippen molar-refractivity contribution in [2.24, 2.45) is 0 Å². The molecule has 0 unspecified atom stereocenters. The van der Waals surface area contributed by atoms with Gasteiger partial charge in [-0.15, -0.1) is 11.8 Å². The number of hydrogen-bond donors (Lipinski definition) is 0. The Morgan fingerprint density at radius 3 is 2.31 bits per heavy atom. The van der Waals surface area contributed by atoms with Crippen LogP contribution in [0.15, 0.2) is 21.5 Å². The van der Waals surface area contributed by atoms with Gasteiger partial charge in [-0.25, -0.2) is 0 Å². The third kappa shape index (κ3) is 2.58. The number of hydrogen-bond acceptors (Lipinski definition) is 3. The molecule has 88 valence electrons. The van der Waals surface area contributed by atoms with Crippen LogP contribution in [0.1, 0.15) is 26.3 Å². The van der Waals surface area contributed by atoms with E-state index in [0.29, 0.717) is 4.90 Å². The molecule has 0 atom stereocenters. The Labute approximate surface area is 108 Å². The first-order valence-electron chi connectivity index (χ1n) is 4.80. The molecule has 1 aromatic rings. The topological polar surface area (TPSA) is 43.1 Å². The Hall–Kier alpha value is -0.550. The highest BCUT2D eigenvalue weighted by atomic mass is 79.9. The van der Waals surface area contributed by atoms with Crippen LogP contribution in [0.2, 0.25) is 0 Å². The molecule has 0 amide bonds. The zero-order valence-electron chi connectivity index (χ0n) is 9.70. The van der Waals surface area contributed by atoms with Crippen molar-refractivity contribution in [1.29, 1.82) is 0 Å². The van der Waals surface area contributed by atoms with Crippen LogP contribution in [0.4, 0.5) is 5.69 Å². The second-order valence-electron chi connectivity index (χ2n) is 4.48. The van der Waals surface area contributed by atoms with Crippen LogP contribution in [0.25, 0.3) is 0 Å². The van der Waals surface area contributed by atoms with E-state index in [-0.39, 0.29) is 16.0 Å². The molecule has 0 heterocycles. The van der Waals surface area contributed by atoms with Crippen molar-refractivity contribution in [3.05, 3.63) is 32.3 Å². The highest BCUT2D eigenvalue weighted by Gasteiger charge is 2.28. The summed E-state index contributed by atoms with van der Waals surface area (Å²) in [5, 5.41) is 11.2. The molecule has 0 saturated carbocycles. The minimum atomic E-state index is -0.294. The molecule has 0 saturated heterocycles. The Balaban J connectivity index is 3.58. The van der Waals surface area contributed by atoms with Crippen molar-refractivity contribution in [2.45, 2.75) is 31.1 Å². The molecular formula is C11H14BrNO2S. The van der Waals surface area contributed by atoms with E-state index in [4.69, 9.17) is 0 Å². The van der Waals surface area contributed by atoms with E-state index in [9.17, 15) is 10.1 Å². The van der Waals surface area contributed by atoms with Crippen LogP contribution in [-0.2, 0) is 5.41 Å². The fraction of sp³-hybridized carbons (Fsp3) is 0.455. The molecule has 0 aliphatic carbocycles. The van der Waals surface area contributed by atoms with Crippen LogP contribution in [0.5, 0.6) is 0 Å². The summed E-state index contributed by atoms with van der Waals surface area (Å²) in [7, 11) is 0. The second kappa shape index (κ2) is 4.75. The smallest absolute Gasteiger partial charge is 0.258 e. The average molecular weight is 304 g/mol. The van der Waals surface area contributed by atoms with Gasteiger partial charge in [0.05, 0.1) is 9.82 Å². The number of halogens is 1. The fourth-order valence-electron chi connectivity index (χ4n) is 1.53. The largest absolute Gasteiger partial charge is 0.287 e. The molecule has 3 nitrogen and oxygen atoms in total. The Morgan fingerprint density at radius 1 is 1.38 bits per heavy atom. The summed E-state index contributed by atoms with van der Waals surface area (Å²) in [6, 6.07) is 3.70. The van der Waals surface area contributed by atoms with Gasteiger partial charge in [0.15, 0.2) is 0 Å². The number of thioether (sulfide) groups is 1. The van der Waals surface area contributed by atoms with E-state index >= 15 is 0 Å². The van der Waals surface area contributed by atoms with E-state index in [2.05, 4.69) is 15.9 Å². The van der Waals surface area contributed by atoms with Crippen molar-refractivity contribution in [1.82, 2.24) is 0 Å². The molecule has 5 heteroatoms. The zero-order valence-corrected chi connectivity index (χ0v) is 12.1. The number of rotatable bonds is 2. The quantitative estimate of drug-likeness (QED) is 0.463. The Kier molecular flexibility index (Phi) is 4.02. The van der Waals surface area contributed by atoms with Crippen molar-refractivity contribution in [3.63, 3.8) is 0 Å². The van der Waals surface area contributed by atoms with Gasteiger partial charge in [-0.2, -0.15) is 0 Å². The predicted octanol–water partition coefficient (Wildman–Crippen LogP) is 4.38. The molecule has 0 N–H and O–H groups in total. The van der Waals surface area contributed by atoms with Gasteiger partial charge in [0.1, 0.15) is 0 Å². The van der Waals surface area contributed by atoms with Crippen LogP contribution >= 0.6 is 27.7 Å². The summed E-state index contributed by atoms with van der Waals surface area (Å²) in [4.78, 5) is 11.6. The highest BCUT2D eigenvalue weighted by Crippen LogP contribution is 2.41. The van der Waals surface area contributed by atoms with Crippen LogP contribution < -0.4 is 0 Å². The summed E-state index contributed by atoms with van der Waals surface area (Å²) < 4.78 is 0.778. The summed E-state index contributed by atoms with van der Waals surface area (Å²) in [5.41, 5.74) is 0.757. The Morgan fingerprint density at radius 2 is 1.94 bits per heavy atom. The van der Waals surface area contributed by atoms with Gasteiger partial charge in [0.25, 0.3) is 5.69 Å². The van der Waals surface area contributed by atoms with Gasteiger partial charge in [-0.3, -0.25) is 10.1 Å². The summed E-state index contributed by atoms with van der Waals surface area (Å²) >= 11 is 4.74. The first-order valence-corrected chi connectivity index (χ1v) is 6.82. The molecular weight excluding hydrogens is 290 g/mol. The molecule has 0 aliphatic heterocycles. The summed E-state index contributed by atoms with van der Waals surface area (Å²) in [5.74, 6) is 0. The number of nitro groups is 1. The van der Waals surface area contributed by atoms with Gasteiger partial charge < -0.3 is 0 Å². The minimum absolute atomic E-state index is 0.217. The van der Waals surface area contributed by atoms with Gasteiger partial charge in [0.2, 0.25) is 0 Å². The second-order valence-corrected chi connectivity index (χ2v) is 6.15. The van der Waals surface area contributed by atoms with E-state index < -0.39 is 0 Å². The maximum absolute atomic E-state index is 11.2. The predicted molar refractivity (Wildman–Crippen MR) is 71.3 cm³/mol. The Bertz CT molecular complexity index is 427. The van der Waals surface area contributed by atoms with Crippen LogP contribution in [-0.4, -0.2) is 11.2 Å². The lowest BCUT2D eigenvalue weighted by Gasteiger charge is -2.20. The van der Waals surface area contributed by atoms with E-state index in [1.54, 1.807) is 0 Å². The van der Waals surface area contributed by atoms with Crippen molar-refractivity contribution < 1.29 is 4.92 Å². The van der Waals surface area contributed by atoms with E-state index in [1.807, 2.05) is 39.2 Å². The molecule has 0 aromatic heterocycles. The fourth-order valence-corrected chi connectivity index (χ4v) is 2.97. The van der Waals surface area contributed by atoms with Crippen molar-refractivity contribution in [2.75, 3.05) is 6.26 Å². The van der Waals surface area contributed by atoms with E-state index in [0.717, 1.165) is 10.0 Å². The molecule has 1 aromatic carbocycles. The van der Waals surface area contributed by atoms with Gasteiger partial charge >= 0.3 is 0 Å². The monoisotopic (exact) mass is 303 g/mol. The number of nitrogens with zero attached hydrogens (tertiary/aromatic N) is 1. The molecule has 0 radical (unpaired) electrons. The molecule has 1 rings (SSSR count). The van der Waals surface area contributed by atoms with Crippen LogP contribution in [0.3, 0.4) is 0 Å². The van der Waals surface area contributed by atoms with Crippen molar-refractivity contribution >= 4 is 33.4 Å². The SMILES string of the molecule is CSc1c(Br)ccc(C(C)(C)C)c1[N+](=O)[O-]. The number of benzene rings is 1. The molecule has 0 spiro atoms. The maximum atomic E-state index is 11.2. The summed E-state index contributed by atoms with van der Waals surface area (Å²) in [6.07, 6.45) is 1.85. The van der Waals surface area contributed by atoms with Crippen molar-refractivity contribution in [3.8, 4) is 0 Å². The lowest BCUT2D eigenvalue weighted by atomic mass is 9.86. The normalized spacial score (nSPS) is 11.6.